The van der Waals surface area contributed by atoms with Gasteiger partial charge < -0.3 is 11.5 Å². The van der Waals surface area contributed by atoms with Crippen LogP contribution in [0, 0.1) is 6.92 Å². The lowest BCUT2D eigenvalue weighted by Crippen LogP contribution is -2.57. The molecule has 0 aromatic heterocycles. The highest BCUT2D eigenvalue weighted by atomic mass is 32.2. The fraction of sp³-hybridized carbons (Fsp3) is 0.143. The third kappa shape index (κ3) is 3.17. The molecular formula is C21H22N2O2S. The van der Waals surface area contributed by atoms with E-state index in [0.717, 1.165) is 5.56 Å². The fourth-order valence-electron chi connectivity index (χ4n) is 3.04. The van der Waals surface area contributed by atoms with Crippen LogP contribution in [0.1, 0.15) is 16.7 Å². The van der Waals surface area contributed by atoms with Gasteiger partial charge in [-0.05, 0) is 30.2 Å². The maximum Gasteiger partial charge on any atom is 0.196 e. The van der Waals surface area contributed by atoms with Gasteiger partial charge in [-0.1, -0.05) is 78.4 Å². The van der Waals surface area contributed by atoms with Crippen LogP contribution in [0.3, 0.4) is 0 Å². The third-order valence-corrected chi connectivity index (χ3v) is 6.61. The summed E-state index contributed by atoms with van der Waals surface area (Å²) >= 11 is 0. The molecule has 4 N–H and O–H groups in total. The minimum atomic E-state index is -3.86. The maximum absolute atomic E-state index is 13.2. The lowest BCUT2D eigenvalue weighted by Gasteiger charge is -2.36. The number of sulfone groups is 1. The number of rotatable bonds is 5. The van der Waals surface area contributed by atoms with E-state index in [0.29, 0.717) is 11.1 Å². The fourth-order valence-corrected chi connectivity index (χ4v) is 4.61. The Bertz CT molecular complexity index is 930. The molecule has 134 valence electrons. The van der Waals surface area contributed by atoms with E-state index < -0.39 is 20.8 Å². The van der Waals surface area contributed by atoms with Gasteiger partial charge in [0, 0.05) is 0 Å². The highest BCUT2D eigenvalue weighted by molar-refractivity contribution is 7.92. The summed E-state index contributed by atoms with van der Waals surface area (Å²) in [6.07, 6.45) is 0. The van der Waals surface area contributed by atoms with E-state index in [4.69, 9.17) is 11.5 Å². The first-order chi connectivity index (χ1) is 12.4. The largest absolute Gasteiger partial charge is 0.316 e. The minimum Gasteiger partial charge on any atom is -0.316 e. The van der Waals surface area contributed by atoms with Crippen LogP contribution in [-0.2, 0) is 15.4 Å². The van der Waals surface area contributed by atoms with Gasteiger partial charge in [-0.2, -0.15) is 0 Å². The third-order valence-electron chi connectivity index (χ3n) is 4.64. The molecule has 1 atom stereocenters. The van der Waals surface area contributed by atoms with Crippen molar-refractivity contribution in [3.05, 3.63) is 102 Å². The monoisotopic (exact) mass is 366 g/mol. The Morgan fingerprint density at radius 1 is 0.769 bits per heavy atom. The predicted octanol–water partition coefficient (Wildman–Crippen LogP) is 2.96. The zero-order valence-electron chi connectivity index (χ0n) is 14.5. The molecule has 0 fully saturated rings. The van der Waals surface area contributed by atoms with E-state index in [1.807, 2.05) is 43.3 Å². The van der Waals surface area contributed by atoms with Gasteiger partial charge in [-0.3, -0.25) is 0 Å². The molecule has 0 bridgehead atoms. The summed E-state index contributed by atoms with van der Waals surface area (Å²) in [5.74, 6) is 0. The molecule has 5 heteroatoms. The van der Waals surface area contributed by atoms with Crippen molar-refractivity contribution >= 4 is 9.84 Å². The van der Waals surface area contributed by atoms with E-state index in [9.17, 15) is 8.42 Å². The van der Waals surface area contributed by atoms with Crippen LogP contribution < -0.4 is 11.5 Å². The van der Waals surface area contributed by atoms with Gasteiger partial charge >= 0.3 is 0 Å². The Hall–Kier alpha value is -2.47. The van der Waals surface area contributed by atoms with E-state index in [1.54, 1.807) is 48.5 Å². The number of hydrogen-bond donors (Lipinski definition) is 2. The summed E-state index contributed by atoms with van der Waals surface area (Å²) in [5.41, 5.74) is 14.0. The summed E-state index contributed by atoms with van der Waals surface area (Å²) in [5, 5.41) is -1.34. The first-order valence-corrected chi connectivity index (χ1v) is 9.87. The Morgan fingerprint density at radius 3 is 1.62 bits per heavy atom. The zero-order chi connectivity index (χ0) is 18.8. The molecule has 0 saturated heterocycles. The topological polar surface area (TPSA) is 86.2 Å². The normalized spacial score (nSPS) is 13.3. The Morgan fingerprint density at radius 2 is 1.19 bits per heavy atom. The molecule has 26 heavy (non-hydrogen) atoms. The Kier molecular flexibility index (Phi) is 4.96. The Balaban J connectivity index is 2.18. The van der Waals surface area contributed by atoms with Gasteiger partial charge in [0.05, 0.1) is 10.4 Å². The molecule has 0 aliphatic heterocycles. The second-order valence-electron chi connectivity index (χ2n) is 6.38. The molecular weight excluding hydrogens is 344 g/mol. The first kappa shape index (κ1) is 18.3. The quantitative estimate of drug-likeness (QED) is 0.727. The average molecular weight is 366 g/mol. The van der Waals surface area contributed by atoms with Crippen molar-refractivity contribution in [3.63, 3.8) is 0 Å². The molecule has 0 aliphatic rings. The minimum absolute atomic E-state index is 0.164. The van der Waals surface area contributed by atoms with Crippen molar-refractivity contribution in [1.29, 1.82) is 0 Å². The van der Waals surface area contributed by atoms with Crippen LogP contribution in [0.4, 0.5) is 0 Å². The van der Waals surface area contributed by atoms with Crippen molar-refractivity contribution in [3.8, 4) is 0 Å². The summed E-state index contributed by atoms with van der Waals surface area (Å²) < 4.78 is 26.5. The molecule has 0 saturated carbocycles. The van der Waals surface area contributed by atoms with Crippen LogP contribution in [0.5, 0.6) is 0 Å². The van der Waals surface area contributed by atoms with Gasteiger partial charge in [0.1, 0.15) is 5.37 Å². The molecule has 4 nitrogen and oxygen atoms in total. The Labute approximate surface area is 154 Å². The SMILES string of the molecule is Cc1ccc(S(=O)(=O)C(N)C(N)(c2ccccc2)c2ccccc2)cc1. The highest BCUT2D eigenvalue weighted by Crippen LogP contribution is 2.34. The van der Waals surface area contributed by atoms with Crippen molar-refractivity contribution in [2.24, 2.45) is 11.5 Å². The van der Waals surface area contributed by atoms with Gasteiger partial charge in [0.2, 0.25) is 0 Å². The van der Waals surface area contributed by atoms with Crippen molar-refractivity contribution in [2.45, 2.75) is 22.7 Å². The average Bonchev–Trinajstić information content (AvgIpc) is 2.68. The van der Waals surface area contributed by atoms with Gasteiger partial charge in [-0.25, -0.2) is 8.42 Å². The van der Waals surface area contributed by atoms with Crippen LogP contribution in [0.15, 0.2) is 89.8 Å². The summed E-state index contributed by atoms with van der Waals surface area (Å²) in [7, 11) is -3.86. The first-order valence-electron chi connectivity index (χ1n) is 8.33. The van der Waals surface area contributed by atoms with Gasteiger partial charge in [0.15, 0.2) is 9.84 Å². The molecule has 0 radical (unpaired) electrons. The molecule has 1 unspecified atom stereocenters. The molecule has 3 aromatic rings. The number of hydrogen-bond acceptors (Lipinski definition) is 4. The molecule has 0 heterocycles. The predicted molar refractivity (Wildman–Crippen MR) is 104 cm³/mol. The summed E-state index contributed by atoms with van der Waals surface area (Å²) in [4.78, 5) is 0.164. The molecule has 0 spiro atoms. The van der Waals surface area contributed by atoms with E-state index in [-0.39, 0.29) is 4.90 Å². The summed E-state index contributed by atoms with van der Waals surface area (Å²) in [6.45, 7) is 1.90. The van der Waals surface area contributed by atoms with Crippen molar-refractivity contribution in [2.75, 3.05) is 0 Å². The van der Waals surface area contributed by atoms with Crippen LogP contribution in [0.2, 0.25) is 0 Å². The van der Waals surface area contributed by atoms with Crippen LogP contribution in [-0.4, -0.2) is 13.8 Å². The number of nitrogens with two attached hydrogens (primary N) is 2. The van der Waals surface area contributed by atoms with Crippen LogP contribution >= 0.6 is 0 Å². The van der Waals surface area contributed by atoms with E-state index in [1.165, 1.54) is 0 Å². The zero-order valence-corrected chi connectivity index (χ0v) is 15.4. The number of aryl methyl sites for hydroxylation is 1. The molecule has 0 amide bonds. The molecule has 0 aliphatic carbocycles. The van der Waals surface area contributed by atoms with Gasteiger partial charge in [-0.15, -0.1) is 0 Å². The van der Waals surface area contributed by atoms with E-state index in [2.05, 4.69) is 0 Å². The molecule has 3 rings (SSSR count). The second-order valence-corrected chi connectivity index (χ2v) is 8.45. The molecule has 3 aromatic carbocycles. The van der Waals surface area contributed by atoms with Crippen molar-refractivity contribution in [1.82, 2.24) is 0 Å². The number of benzene rings is 3. The second kappa shape index (κ2) is 7.03. The standard InChI is InChI=1S/C21H22N2O2S/c1-16-12-14-19(15-13-16)26(24,25)20(22)21(23,17-8-4-2-5-9-17)18-10-6-3-7-11-18/h2-15,20H,22-23H2,1H3. The smallest absolute Gasteiger partial charge is 0.196 e. The lowest BCUT2D eigenvalue weighted by molar-refractivity contribution is 0.481. The maximum atomic E-state index is 13.2. The van der Waals surface area contributed by atoms with Gasteiger partial charge in [0.25, 0.3) is 0 Å². The van der Waals surface area contributed by atoms with E-state index >= 15 is 0 Å². The van der Waals surface area contributed by atoms with Crippen LogP contribution in [0.25, 0.3) is 0 Å². The lowest BCUT2D eigenvalue weighted by atomic mass is 9.83. The highest BCUT2D eigenvalue weighted by Gasteiger charge is 2.44. The van der Waals surface area contributed by atoms with Crippen molar-refractivity contribution < 1.29 is 8.42 Å². The summed E-state index contributed by atoms with van der Waals surface area (Å²) in [6, 6.07) is 24.9.